The third-order valence-corrected chi connectivity index (χ3v) is 4.84. The summed E-state index contributed by atoms with van der Waals surface area (Å²) in [5.41, 5.74) is 0.666. The summed E-state index contributed by atoms with van der Waals surface area (Å²) in [4.78, 5) is 34.6. The van der Waals surface area contributed by atoms with Gasteiger partial charge in [0.25, 0.3) is 5.56 Å². The summed E-state index contributed by atoms with van der Waals surface area (Å²) in [5, 5.41) is 0. The standard InChI is InChI=1S/C16H17BrN4O3/c1-3-12(17)21-15(22)13-14(19(2)16(21)23)18-10-20(13)24-9-11-7-5-4-6-8-11/h4-8,10,12H,3,9H2,1-2H3. The molecule has 7 nitrogen and oxygen atoms in total. The van der Waals surface area contributed by atoms with E-state index in [0.29, 0.717) is 18.7 Å². The van der Waals surface area contributed by atoms with E-state index in [-0.39, 0.29) is 10.5 Å². The van der Waals surface area contributed by atoms with Crippen LogP contribution in [-0.2, 0) is 13.7 Å². The Balaban J connectivity index is 2.09. The van der Waals surface area contributed by atoms with Crippen molar-refractivity contribution in [3.05, 3.63) is 63.1 Å². The smallest absolute Gasteiger partial charge is 0.333 e. The van der Waals surface area contributed by atoms with Gasteiger partial charge in [-0.2, -0.15) is 4.73 Å². The highest BCUT2D eigenvalue weighted by Crippen LogP contribution is 2.15. The summed E-state index contributed by atoms with van der Waals surface area (Å²) >= 11 is 3.37. The topological polar surface area (TPSA) is 71.0 Å². The van der Waals surface area contributed by atoms with Gasteiger partial charge in [-0.1, -0.05) is 53.2 Å². The van der Waals surface area contributed by atoms with Gasteiger partial charge in [0, 0.05) is 7.05 Å². The molecular formula is C16H17BrN4O3. The second-order valence-corrected chi connectivity index (χ2v) is 6.42. The van der Waals surface area contributed by atoms with Crippen LogP contribution >= 0.6 is 15.9 Å². The molecule has 0 aliphatic heterocycles. The molecule has 0 radical (unpaired) electrons. The van der Waals surface area contributed by atoms with Gasteiger partial charge >= 0.3 is 5.69 Å². The summed E-state index contributed by atoms with van der Waals surface area (Å²) in [5.74, 6) is 0. The van der Waals surface area contributed by atoms with E-state index in [1.807, 2.05) is 37.3 Å². The van der Waals surface area contributed by atoms with Gasteiger partial charge in [0.1, 0.15) is 12.9 Å². The van der Waals surface area contributed by atoms with Crippen molar-refractivity contribution >= 4 is 27.1 Å². The number of halogens is 1. The molecule has 1 atom stereocenters. The van der Waals surface area contributed by atoms with E-state index in [9.17, 15) is 9.59 Å². The van der Waals surface area contributed by atoms with E-state index in [4.69, 9.17) is 4.84 Å². The number of aromatic nitrogens is 4. The molecule has 126 valence electrons. The largest absolute Gasteiger partial charge is 0.407 e. The normalized spacial score (nSPS) is 12.5. The Labute approximate surface area is 146 Å². The van der Waals surface area contributed by atoms with Crippen molar-refractivity contribution in [2.45, 2.75) is 24.9 Å². The Hall–Kier alpha value is -2.35. The number of fused-ring (bicyclic) bond motifs is 1. The Morgan fingerprint density at radius 2 is 1.96 bits per heavy atom. The Bertz CT molecular complexity index is 975. The maximum Gasteiger partial charge on any atom is 0.333 e. The highest BCUT2D eigenvalue weighted by atomic mass is 79.9. The maximum atomic E-state index is 12.8. The predicted molar refractivity (Wildman–Crippen MR) is 94.2 cm³/mol. The molecule has 0 amide bonds. The third kappa shape index (κ3) is 2.77. The molecule has 0 N–H and O–H groups in total. The summed E-state index contributed by atoms with van der Waals surface area (Å²) in [7, 11) is 1.59. The quantitative estimate of drug-likeness (QED) is 0.621. The van der Waals surface area contributed by atoms with Gasteiger partial charge in [-0.15, -0.1) is 0 Å². The molecule has 0 aliphatic carbocycles. The maximum absolute atomic E-state index is 12.8. The van der Waals surface area contributed by atoms with Crippen molar-refractivity contribution in [2.24, 2.45) is 7.05 Å². The zero-order chi connectivity index (χ0) is 17.3. The number of rotatable bonds is 5. The zero-order valence-corrected chi connectivity index (χ0v) is 14.9. The van der Waals surface area contributed by atoms with Crippen molar-refractivity contribution in [3.63, 3.8) is 0 Å². The fourth-order valence-electron chi connectivity index (χ4n) is 2.46. The first-order valence-electron chi connectivity index (χ1n) is 7.54. The second-order valence-electron chi connectivity index (χ2n) is 5.36. The average Bonchev–Trinajstić information content (AvgIpc) is 3.03. The summed E-state index contributed by atoms with van der Waals surface area (Å²) in [6.45, 7) is 2.18. The van der Waals surface area contributed by atoms with Crippen LogP contribution in [0.2, 0.25) is 0 Å². The van der Waals surface area contributed by atoms with Crippen LogP contribution in [-0.4, -0.2) is 18.8 Å². The molecule has 1 aromatic carbocycles. The summed E-state index contributed by atoms with van der Waals surface area (Å²) in [6.07, 6.45) is 2.01. The van der Waals surface area contributed by atoms with Crippen LogP contribution in [0, 0.1) is 0 Å². The van der Waals surface area contributed by atoms with Crippen molar-refractivity contribution in [3.8, 4) is 0 Å². The van der Waals surface area contributed by atoms with Crippen molar-refractivity contribution in [2.75, 3.05) is 0 Å². The van der Waals surface area contributed by atoms with Crippen LogP contribution in [0.1, 0.15) is 23.9 Å². The van der Waals surface area contributed by atoms with Gasteiger partial charge in [0.2, 0.25) is 0 Å². The fourth-order valence-corrected chi connectivity index (χ4v) is 2.82. The first kappa shape index (κ1) is 16.5. The van der Waals surface area contributed by atoms with E-state index in [1.165, 1.54) is 20.2 Å². The lowest BCUT2D eigenvalue weighted by atomic mass is 10.2. The predicted octanol–water partition coefficient (Wildman–Crippen LogP) is 1.83. The monoisotopic (exact) mass is 392 g/mol. The Kier molecular flexibility index (Phi) is 4.57. The molecule has 0 saturated heterocycles. The lowest BCUT2D eigenvalue weighted by Gasteiger charge is -2.13. The third-order valence-electron chi connectivity index (χ3n) is 3.78. The molecule has 0 bridgehead atoms. The molecule has 0 aliphatic rings. The second kappa shape index (κ2) is 6.64. The molecular weight excluding hydrogens is 376 g/mol. The average molecular weight is 393 g/mol. The molecule has 1 unspecified atom stereocenters. The van der Waals surface area contributed by atoms with Crippen LogP contribution in [0.3, 0.4) is 0 Å². The molecule has 3 rings (SSSR count). The summed E-state index contributed by atoms with van der Waals surface area (Å²) < 4.78 is 3.85. The van der Waals surface area contributed by atoms with Crippen LogP contribution in [0.4, 0.5) is 0 Å². The van der Waals surface area contributed by atoms with E-state index in [0.717, 1.165) is 5.56 Å². The molecule has 24 heavy (non-hydrogen) atoms. The number of hydrogen-bond acceptors (Lipinski definition) is 4. The fraction of sp³-hybridized carbons (Fsp3) is 0.312. The van der Waals surface area contributed by atoms with E-state index >= 15 is 0 Å². The molecule has 0 fully saturated rings. The molecule has 2 aromatic heterocycles. The number of aryl methyl sites for hydroxylation is 1. The van der Waals surface area contributed by atoms with Crippen molar-refractivity contribution in [1.29, 1.82) is 0 Å². The Morgan fingerprint density at radius 1 is 1.25 bits per heavy atom. The van der Waals surface area contributed by atoms with Crippen molar-refractivity contribution < 1.29 is 4.84 Å². The Morgan fingerprint density at radius 3 is 2.62 bits per heavy atom. The number of hydrogen-bond donors (Lipinski definition) is 0. The van der Waals surface area contributed by atoms with Crippen LogP contribution in [0.5, 0.6) is 0 Å². The molecule has 2 heterocycles. The number of alkyl halides is 1. The highest BCUT2D eigenvalue weighted by molar-refractivity contribution is 9.09. The van der Waals surface area contributed by atoms with Crippen LogP contribution in [0.15, 0.2) is 46.2 Å². The number of imidazole rings is 1. The minimum absolute atomic E-state index is 0.242. The zero-order valence-electron chi connectivity index (χ0n) is 13.3. The molecule has 0 spiro atoms. The SMILES string of the molecule is CCC(Br)n1c(=O)c2c(ncn2OCc2ccccc2)n(C)c1=O. The highest BCUT2D eigenvalue weighted by Gasteiger charge is 2.20. The van der Waals surface area contributed by atoms with Gasteiger partial charge in [0.15, 0.2) is 11.2 Å². The number of benzene rings is 1. The minimum atomic E-state index is -0.428. The van der Waals surface area contributed by atoms with E-state index in [2.05, 4.69) is 20.9 Å². The number of nitrogens with zero attached hydrogens (tertiary/aromatic N) is 4. The first-order valence-corrected chi connectivity index (χ1v) is 8.46. The van der Waals surface area contributed by atoms with E-state index in [1.54, 1.807) is 7.05 Å². The van der Waals surface area contributed by atoms with Gasteiger partial charge in [-0.3, -0.25) is 9.36 Å². The molecule has 3 aromatic rings. The minimum Gasteiger partial charge on any atom is -0.407 e. The lowest BCUT2D eigenvalue weighted by Crippen LogP contribution is -2.40. The molecule has 0 saturated carbocycles. The van der Waals surface area contributed by atoms with Crippen molar-refractivity contribution in [1.82, 2.24) is 18.8 Å². The van der Waals surface area contributed by atoms with Gasteiger partial charge in [-0.25, -0.2) is 14.3 Å². The first-order chi connectivity index (χ1) is 11.5. The van der Waals surface area contributed by atoms with Crippen LogP contribution in [0.25, 0.3) is 11.2 Å². The van der Waals surface area contributed by atoms with Gasteiger partial charge in [-0.05, 0) is 12.0 Å². The summed E-state index contributed by atoms with van der Waals surface area (Å²) in [6, 6.07) is 9.61. The lowest BCUT2D eigenvalue weighted by molar-refractivity contribution is 0.105. The van der Waals surface area contributed by atoms with Crippen LogP contribution < -0.4 is 16.1 Å². The van der Waals surface area contributed by atoms with Gasteiger partial charge < -0.3 is 4.84 Å². The van der Waals surface area contributed by atoms with Gasteiger partial charge in [0.05, 0.1) is 4.95 Å². The molecule has 8 heteroatoms. The van der Waals surface area contributed by atoms with E-state index < -0.39 is 11.2 Å².